The Morgan fingerprint density at radius 1 is 1.38 bits per heavy atom. The molecule has 1 fully saturated rings. The normalized spacial score (nSPS) is 19.8. The summed E-state index contributed by atoms with van der Waals surface area (Å²) in [6.07, 6.45) is 1.67. The second-order valence-corrected chi connectivity index (χ2v) is 7.23. The molecule has 1 aromatic carbocycles. The first-order valence-corrected chi connectivity index (χ1v) is 9.13. The number of para-hydroxylation sites is 1. The van der Waals surface area contributed by atoms with Gasteiger partial charge in [-0.1, -0.05) is 18.2 Å². The number of ether oxygens (including phenoxy) is 1. The van der Waals surface area contributed by atoms with Crippen molar-refractivity contribution in [1.29, 1.82) is 0 Å². The molecular weight excluding hydrogens is 322 g/mol. The number of thiophene rings is 1. The smallest absolute Gasteiger partial charge is 0.307 e. The number of rotatable bonds is 5. The van der Waals surface area contributed by atoms with E-state index in [1.807, 2.05) is 18.2 Å². The van der Waals surface area contributed by atoms with Crippen LogP contribution in [0.3, 0.4) is 0 Å². The number of piperidine rings is 1. The van der Waals surface area contributed by atoms with Gasteiger partial charge < -0.3 is 9.84 Å². The van der Waals surface area contributed by atoms with Crippen molar-refractivity contribution >= 4 is 17.3 Å². The van der Waals surface area contributed by atoms with E-state index < -0.39 is 5.97 Å². The summed E-state index contributed by atoms with van der Waals surface area (Å²) in [4.78, 5) is 15.1. The fraction of sp³-hybridized carbons (Fsp3) is 0.421. The molecule has 0 radical (unpaired) electrons. The van der Waals surface area contributed by atoms with E-state index in [1.165, 1.54) is 10.4 Å². The van der Waals surface area contributed by atoms with E-state index in [9.17, 15) is 9.90 Å². The monoisotopic (exact) mass is 345 g/mol. The van der Waals surface area contributed by atoms with E-state index in [2.05, 4.69) is 29.3 Å². The van der Waals surface area contributed by atoms with Crippen LogP contribution in [0.25, 0.3) is 0 Å². The van der Waals surface area contributed by atoms with Crippen LogP contribution >= 0.6 is 11.3 Å². The molecule has 1 aliphatic rings. The van der Waals surface area contributed by atoms with E-state index in [1.54, 1.807) is 18.4 Å². The molecule has 24 heavy (non-hydrogen) atoms. The van der Waals surface area contributed by atoms with Crippen molar-refractivity contribution in [2.45, 2.75) is 25.8 Å². The maximum absolute atomic E-state index is 11.5. The molecule has 0 aliphatic carbocycles. The minimum Gasteiger partial charge on any atom is -0.496 e. The van der Waals surface area contributed by atoms with Crippen LogP contribution in [0.4, 0.5) is 0 Å². The van der Waals surface area contributed by atoms with Gasteiger partial charge in [-0.05, 0) is 49.4 Å². The van der Waals surface area contributed by atoms with Crippen molar-refractivity contribution in [2.24, 2.45) is 5.92 Å². The van der Waals surface area contributed by atoms with Gasteiger partial charge in [0, 0.05) is 17.0 Å². The quantitative estimate of drug-likeness (QED) is 0.891. The van der Waals surface area contributed by atoms with Gasteiger partial charge in [-0.25, -0.2) is 0 Å². The summed E-state index contributed by atoms with van der Waals surface area (Å²) < 4.78 is 5.59. The number of hydrogen-bond donors (Lipinski definition) is 1. The fourth-order valence-corrected chi connectivity index (χ4v) is 4.58. The summed E-state index contributed by atoms with van der Waals surface area (Å²) >= 11 is 1.73. The van der Waals surface area contributed by atoms with E-state index >= 15 is 0 Å². The molecule has 0 bridgehead atoms. The molecule has 0 amide bonds. The summed E-state index contributed by atoms with van der Waals surface area (Å²) in [5.41, 5.74) is 2.35. The van der Waals surface area contributed by atoms with Gasteiger partial charge in [0.25, 0.3) is 0 Å². The lowest BCUT2D eigenvalue weighted by molar-refractivity contribution is -0.143. The average molecular weight is 345 g/mol. The van der Waals surface area contributed by atoms with Crippen LogP contribution in [0.1, 0.15) is 34.9 Å². The lowest BCUT2D eigenvalue weighted by atomic mass is 9.93. The third-order valence-electron chi connectivity index (χ3n) is 4.75. The molecule has 4 nitrogen and oxygen atoms in total. The zero-order valence-corrected chi connectivity index (χ0v) is 14.9. The Morgan fingerprint density at radius 2 is 2.17 bits per heavy atom. The number of hydrogen-bond acceptors (Lipinski definition) is 4. The number of carbonyl (C=O) groups is 1. The number of aryl methyl sites for hydroxylation is 1. The molecule has 1 saturated heterocycles. The Kier molecular flexibility index (Phi) is 5.21. The lowest BCUT2D eigenvalue weighted by Crippen LogP contribution is -2.41. The number of methoxy groups -OCH3 is 1. The number of benzene rings is 1. The second kappa shape index (κ2) is 7.36. The summed E-state index contributed by atoms with van der Waals surface area (Å²) in [5, 5.41) is 11.5. The summed E-state index contributed by atoms with van der Waals surface area (Å²) in [5.74, 6) is -0.134. The Bertz CT molecular complexity index is 712. The molecule has 0 spiro atoms. The predicted octanol–water partition coefficient (Wildman–Crippen LogP) is 3.95. The van der Waals surface area contributed by atoms with Crippen molar-refractivity contribution < 1.29 is 14.6 Å². The third kappa shape index (κ3) is 3.32. The van der Waals surface area contributed by atoms with Gasteiger partial charge >= 0.3 is 5.97 Å². The molecule has 1 aliphatic heterocycles. The molecule has 3 rings (SSSR count). The summed E-state index contributed by atoms with van der Waals surface area (Å²) in [6, 6.07) is 10.2. The molecule has 2 unspecified atom stereocenters. The molecule has 0 saturated carbocycles. The SMILES string of the molecule is COc1ccccc1C(c1sccc1C)N1CCCC(C(=O)O)C1. The topological polar surface area (TPSA) is 49.8 Å². The van der Waals surface area contributed by atoms with Crippen LogP contribution in [-0.2, 0) is 4.79 Å². The van der Waals surface area contributed by atoms with Gasteiger partial charge in [-0.2, -0.15) is 0 Å². The highest BCUT2D eigenvalue weighted by Crippen LogP contribution is 2.40. The van der Waals surface area contributed by atoms with Gasteiger partial charge in [0.15, 0.2) is 0 Å². The number of nitrogens with zero attached hydrogens (tertiary/aromatic N) is 1. The minimum absolute atomic E-state index is 0.0447. The van der Waals surface area contributed by atoms with Crippen molar-refractivity contribution in [1.82, 2.24) is 4.90 Å². The maximum Gasteiger partial charge on any atom is 0.307 e. The van der Waals surface area contributed by atoms with Crippen molar-refractivity contribution in [3.8, 4) is 5.75 Å². The van der Waals surface area contributed by atoms with Crippen LogP contribution < -0.4 is 4.74 Å². The molecule has 2 atom stereocenters. The van der Waals surface area contributed by atoms with E-state index in [0.717, 1.165) is 30.7 Å². The predicted molar refractivity (Wildman–Crippen MR) is 95.8 cm³/mol. The van der Waals surface area contributed by atoms with Crippen LogP contribution in [0.2, 0.25) is 0 Å². The number of carboxylic acids is 1. The largest absolute Gasteiger partial charge is 0.496 e. The zero-order valence-electron chi connectivity index (χ0n) is 14.1. The van der Waals surface area contributed by atoms with E-state index in [4.69, 9.17) is 4.74 Å². The molecule has 2 heterocycles. The Hall–Kier alpha value is -1.85. The van der Waals surface area contributed by atoms with E-state index in [0.29, 0.717) is 6.54 Å². The van der Waals surface area contributed by atoms with Crippen molar-refractivity contribution in [3.05, 3.63) is 51.7 Å². The van der Waals surface area contributed by atoms with Gasteiger partial charge in [0.2, 0.25) is 0 Å². The first kappa shape index (κ1) is 17.0. The highest BCUT2D eigenvalue weighted by molar-refractivity contribution is 7.10. The fourth-order valence-electron chi connectivity index (χ4n) is 3.50. The lowest BCUT2D eigenvalue weighted by Gasteiger charge is -2.37. The minimum atomic E-state index is -0.693. The Balaban J connectivity index is 2.03. The van der Waals surface area contributed by atoms with Crippen LogP contribution in [0.5, 0.6) is 5.75 Å². The molecule has 128 valence electrons. The Labute approximate surface area is 146 Å². The van der Waals surface area contributed by atoms with Gasteiger partial charge in [-0.15, -0.1) is 11.3 Å². The van der Waals surface area contributed by atoms with Gasteiger partial charge in [-0.3, -0.25) is 9.69 Å². The first-order chi connectivity index (χ1) is 11.6. The van der Waals surface area contributed by atoms with Gasteiger partial charge in [0.1, 0.15) is 5.75 Å². The summed E-state index contributed by atoms with van der Waals surface area (Å²) in [7, 11) is 1.69. The molecule has 1 aromatic heterocycles. The van der Waals surface area contributed by atoms with Gasteiger partial charge in [0.05, 0.1) is 19.1 Å². The average Bonchev–Trinajstić information content (AvgIpc) is 3.02. The highest BCUT2D eigenvalue weighted by atomic mass is 32.1. The third-order valence-corrected chi connectivity index (χ3v) is 5.82. The van der Waals surface area contributed by atoms with Crippen LogP contribution in [0, 0.1) is 12.8 Å². The zero-order chi connectivity index (χ0) is 17.1. The molecule has 5 heteroatoms. The van der Waals surface area contributed by atoms with Crippen LogP contribution in [-0.4, -0.2) is 36.2 Å². The first-order valence-electron chi connectivity index (χ1n) is 8.25. The maximum atomic E-state index is 11.5. The van der Waals surface area contributed by atoms with E-state index in [-0.39, 0.29) is 12.0 Å². The number of carboxylic acid groups (broad SMARTS) is 1. The Morgan fingerprint density at radius 3 is 2.83 bits per heavy atom. The molecular formula is C19H23NO3S. The highest BCUT2D eigenvalue weighted by Gasteiger charge is 2.33. The standard InChI is InChI=1S/C19H23NO3S/c1-13-9-11-24-18(13)17(15-7-3-4-8-16(15)23-2)20-10-5-6-14(12-20)19(21)22/h3-4,7-9,11,14,17H,5-6,10,12H2,1-2H3,(H,21,22). The summed E-state index contributed by atoms with van der Waals surface area (Å²) in [6.45, 7) is 3.60. The molecule has 2 aromatic rings. The molecule has 1 N–H and O–H groups in total. The number of likely N-dealkylation sites (tertiary alicyclic amines) is 1. The van der Waals surface area contributed by atoms with Crippen LogP contribution in [0.15, 0.2) is 35.7 Å². The van der Waals surface area contributed by atoms with Crippen molar-refractivity contribution in [2.75, 3.05) is 20.2 Å². The number of aliphatic carboxylic acids is 1. The second-order valence-electron chi connectivity index (χ2n) is 6.28. The van der Waals surface area contributed by atoms with Crippen molar-refractivity contribution in [3.63, 3.8) is 0 Å².